The summed E-state index contributed by atoms with van der Waals surface area (Å²) in [5.41, 5.74) is 2.42. The molecule has 1 N–H and O–H groups in total. The summed E-state index contributed by atoms with van der Waals surface area (Å²) in [6.45, 7) is 3.06. The first-order chi connectivity index (χ1) is 9.29. The first-order valence-corrected chi connectivity index (χ1v) is 6.88. The highest BCUT2D eigenvalue weighted by Crippen LogP contribution is 2.16. The van der Waals surface area contributed by atoms with Gasteiger partial charge in [-0.25, -0.2) is 0 Å². The molecule has 0 radical (unpaired) electrons. The van der Waals surface area contributed by atoms with Crippen LogP contribution >= 0.6 is 11.6 Å². The van der Waals surface area contributed by atoms with Gasteiger partial charge < -0.3 is 5.32 Å². The van der Waals surface area contributed by atoms with Crippen molar-refractivity contribution in [3.05, 3.63) is 59.1 Å². The van der Waals surface area contributed by atoms with E-state index in [1.54, 1.807) is 12.4 Å². The van der Waals surface area contributed by atoms with E-state index in [1.807, 2.05) is 18.5 Å². The van der Waals surface area contributed by atoms with Crippen molar-refractivity contribution in [3.8, 4) is 0 Å². The first kappa shape index (κ1) is 14.0. The van der Waals surface area contributed by atoms with Gasteiger partial charge in [-0.15, -0.1) is 0 Å². The maximum absolute atomic E-state index is 6.17. The molecule has 1 unspecified atom stereocenters. The van der Waals surface area contributed by atoms with Gasteiger partial charge in [0.25, 0.3) is 0 Å². The highest BCUT2D eigenvalue weighted by molar-refractivity contribution is 6.31. The molecule has 4 heteroatoms. The quantitative estimate of drug-likeness (QED) is 0.881. The lowest BCUT2D eigenvalue weighted by atomic mass is 10.00. The van der Waals surface area contributed by atoms with Crippen LogP contribution in [0.2, 0.25) is 5.02 Å². The van der Waals surface area contributed by atoms with Crippen LogP contribution in [0.4, 0.5) is 0 Å². The molecule has 0 aliphatic heterocycles. The average molecular weight is 276 g/mol. The summed E-state index contributed by atoms with van der Waals surface area (Å²) in [4.78, 5) is 8.07. The molecule has 2 rings (SSSR count). The van der Waals surface area contributed by atoms with E-state index in [0.29, 0.717) is 6.04 Å². The number of halogens is 1. The van der Waals surface area contributed by atoms with Crippen LogP contribution in [0.1, 0.15) is 18.1 Å². The van der Waals surface area contributed by atoms with E-state index >= 15 is 0 Å². The molecular weight excluding hydrogens is 258 g/mol. The molecule has 0 amide bonds. The lowest BCUT2D eigenvalue weighted by molar-refractivity contribution is 0.521. The van der Waals surface area contributed by atoms with Crippen LogP contribution in [-0.4, -0.2) is 22.6 Å². The number of rotatable bonds is 6. The normalized spacial score (nSPS) is 12.3. The van der Waals surface area contributed by atoms with Crippen molar-refractivity contribution in [2.24, 2.45) is 0 Å². The van der Waals surface area contributed by atoms with Gasteiger partial charge in [-0.05, 0) is 48.7 Å². The van der Waals surface area contributed by atoms with Crippen LogP contribution in [0, 0.1) is 0 Å². The summed E-state index contributed by atoms with van der Waals surface area (Å²) in [6, 6.07) is 6.46. The second-order valence-electron chi connectivity index (χ2n) is 4.49. The van der Waals surface area contributed by atoms with E-state index in [9.17, 15) is 0 Å². The van der Waals surface area contributed by atoms with Crippen LogP contribution in [0.15, 0.2) is 43.0 Å². The summed E-state index contributed by atoms with van der Waals surface area (Å²) in [5.74, 6) is 0. The van der Waals surface area contributed by atoms with E-state index in [4.69, 9.17) is 11.6 Å². The molecule has 0 aliphatic rings. The molecule has 0 aromatic carbocycles. The molecule has 2 heterocycles. The number of hydrogen-bond donors (Lipinski definition) is 1. The average Bonchev–Trinajstić information content (AvgIpc) is 2.43. The number of likely N-dealkylation sites (N-methyl/N-ethyl adjacent to an activating group) is 1. The Morgan fingerprint density at radius 3 is 2.53 bits per heavy atom. The first-order valence-electron chi connectivity index (χ1n) is 6.50. The molecule has 19 heavy (non-hydrogen) atoms. The van der Waals surface area contributed by atoms with Crippen LogP contribution in [0.25, 0.3) is 0 Å². The molecule has 0 bridgehead atoms. The maximum Gasteiger partial charge on any atom is 0.0621 e. The molecule has 2 aromatic heterocycles. The Hall–Kier alpha value is -1.45. The van der Waals surface area contributed by atoms with Crippen molar-refractivity contribution >= 4 is 11.6 Å². The van der Waals surface area contributed by atoms with Gasteiger partial charge in [0.05, 0.1) is 5.02 Å². The van der Waals surface area contributed by atoms with Gasteiger partial charge in [0.2, 0.25) is 0 Å². The van der Waals surface area contributed by atoms with Crippen molar-refractivity contribution < 1.29 is 0 Å². The van der Waals surface area contributed by atoms with Gasteiger partial charge in [-0.2, -0.15) is 0 Å². The van der Waals surface area contributed by atoms with Crippen molar-refractivity contribution in [1.29, 1.82) is 0 Å². The van der Waals surface area contributed by atoms with Crippen molar-refractivity contribution in [3.63, 3.8) is 0 Å². The maximum atomic E-state index is 6.17. The van der Waals surface area contributed by atoms with Crippen LogP contribution in [0.5, 0.6) is 0 Å². The second-order valence-corrected chi connectivity index (χ2v) is 4.89. The fraction of sp³-hybridized carbons (Fsp3) is 0.333. The number of aromatic nitrogens is 2. The van der Waals surface area contributed by atoms with Gasteiger partial charge in [0.15, 0.2) is 0 Å². The lowest BCUT2D eigenvalue weighted by Gasteiger charge is -2.18. The molecule has 0 saturated carbocycles. The summed E-state index contributed by atoms with van der Waals surface area (Å²) in [6.07, 6.45) is 9.02. The third kappa shape index (κ3) is 4.30. The monoisotopic (exact) mass is 275 g/mol. The van der Waals surface area contributed by atoms with Crippen molar-refractivity contribution in [2.75, 3.05) is 6.54 Å². The predicted molar refractivity (Wildman–Crippen MR) is 78.4 cm³/mol. The highest BCUT2D eigenvalue weighted by atomic mass is 35.5. The molecule has 3 nitrogen and oxygen atoms in total. The molecule has 0 fully saturated rings. The Kier molecular flexibility index (Phi) is 5.31. The number of pyridine rings is 2. The zero-order valence-corrected chi connectivity index (χ0v) is 11.8. The number of nitrogens with one attached hydrogen (secondary N) is 1. The van der Waals surface area contributed by atoms with Crippen molar-refractivity contribution in [2.45, 2.75) is 25.8 Å². The summed E-state index contributed by atoms with van der Waals surface area (Å²) in [7, 11) is 0. The zero-order valence-electron chi connectivity index (χ0n) is 11.0. The van der Waals surface area contributed by atoms with Gasteiger partial charge in [-0.3, -0.25) is 9.97 Å². The van der Waals surface area contributed by atoms with Crippen LogP contribution in [0.3, 0.4) is 0 Å². The Bertz CT molecular complexity index is 502. The van der Waals surface area contributed by atoms with E-state index in [2.05, 4.69) is 34.3 Å². The van der Waals surface area contributed by atoms with Crippen LogP contribution in [-0.2, 0) is 12.8 Å². The van der Waals surface area contributed by atoms with E-state index < -0.39 is 0 Å². The highest BCUT2D eigenvalue weighted by Gasteiger charge is 2.11. The minimum absolute atomic E-state index is 0.368. The fourth-order valence-electron chi connectivity index (χ4n) is 2.14. The molecule has 1 atom stereocenters. The third-order valence-corrected chi connectivity index (χ3v) is 3.39. The van der Waals surface area contributed by atoms with Gasteiger partial charge in [0, 0.05) is 30.8 Å². The van der Waals surface area contributed by atoms with Crippen molar-refractivity contribution in [1.82, 2.24) is 15.3 Å². The molecule has 0 saturated heterocycles. The van der Waals surface area contributed by atoms with Gasteiger partial charge >= 0.3 is 0 Å². The fourth-order valence-corrected chi connectivity index (χ4v) is 2.34. The van der Waals surface area contributed by atoms with Gasteiger partial charge in [0.1, 0.15) is 0 Å². The Morgan fingerprint density at radius 1 is 1.11 bits per heavy atom. The SMILES string of the molecule is CCNC(Cc1ccncc1)Cc1ccncc1Cl. The lowest BCUT2D eigenvalue weighted by Crippen LogP contribution is -2.33. The molecule has 0 aliphatic carbocycles. The Balaban J connectivity index is 2.06. The molecular formula is C15H18ClN3. The van der Waals surface area contributed by atoms with E-state index in [1.165, 1.54) is 5.56 Å². The topological polar surface area (TPSA) is 37.8 Å². The largest absolute Gasteiger partial charge is 0.314 e. The van der Waals surface area contributed by atoms with E-state index in [0.717, 1.165) is 30.0 Å². The standard InChI is InChI=1S/C15H18ClN3/c1-2-19-14(9-12-3-6-17-7-4-12)10-13-5-8-18-11-15(13)16/h3-8,11,14,19H,2,9-10H2,1H3. The van der Waals surface area contributed by atoms with Crippen LogP contribution < -0.4 is 5.32 Å². The Morgan fingerprint density at radius 2 is 1.84 bits per heavy atom. The minimum atomic E-state index is 0.368. The second kappa shape index (κ2) is 7.22. The predicted octanol–water partition coefficient (Wildman–Crippen LogP) is 2.89. The molecule has 0 spiro atoms. The Labute approximate surface area is 119 Å². The molecule has 100 valence electrons. The number of hydrogen-bond acceptors (Lipinski definition) is 3. The summed E-state index contributed by atoms with van der Waals surface area (Å²) < 4.78 is 0. The van der Waals surface area contributed by atoms with Gasteiger partial charge in [-0.1, -0.05) is 18.5 Å². The third-order valence-electron chi connectivity index (χ3n) is 3.05. The smallest absolute Gasteiger partial charge is 0.0621 e. The minimum Gasteiger partial charge on any atom is -0.314 e. The van der Waals surface area contributed by atoms with E-state index in [-0.39, 0.29) is 0 Å². The number of nitrogens with zero attached hydrogens (tertiary/aromatic N) is 2. The summed E-state index contributed by atoms with van der Waals surface area (Å²) in [5, 5.41) is 4.24. The zero-order chi connectivity index (χ0) is 13.5. The summed E-state index contributed by atoms with van der Waals surface area (Å²) >= 11 is 6.17. The molecule has 2 aromatic rings.